The Morgan fingerprint density at radius 3 is 2.71 bits per heavy atom. The van der Waals surface area contributed by atoms with E-state index in [4.69, 9.17) is 5.11 Å². The van der Waals surface area contributed by atoms with Gasteiger partial charge in [-0.3, -0.25) is 4.90 Å². The number of thioether (sulfide) groups is 1. The molecular weight excluding hydrogens is 240 g/mol. The number of nitrogens with zero attached hydrogens (tertiary/aromatic N) is 1. The molecule has 0 radical (unpaired) electrons. The van der Waals surface area contributed by atoms with Crippen LogP contribution in [0.3, 0.4) is 0 Å². The van der Waals surface area contributed by atoms with Crippen molar-refractivity contribution in [1.82, 2.24) is 10.2 Å². The monoisotopic (exact) mass is 258 g/mol. The van der Waals surface area contributed by atoms with Gasteiger partial charge in [0.25, 0.3) is 0 Å². The number of carboxylic acids is 1. The number of nitrogens with one attached hydrogen (secondary N) is 1. The van der Waals surface area contributed by atoms with Gasteiger partial charge in [0.15, 0.2) is 0 Å². The number of hydrogen-bond acceptors (Lipinski definition) is 3. The van der Waals surface area contributed by atoms with Crippen LogP contribution in [0.2, 0.25) is 0 Å². The Labute approximate surface area is 105 Å². The van der Waals surface area contributed by atoms with Crippen molar-refractivity contribution in [3.8, 4) is 0 Å². The summed E-state index contributed by atoms with van der Waals surface area (Å²) in [7, 11) is 0. The van der Waals surface area contributed by atoms with E-state index >= 15 is 0 Å². The van der Waals surface area contributed by atoms with E-state index < -0.39 is 12.0 Å². The molecule has 0 aromatic carbocycles. The molecule has 2 fully saturated rings. The van der Waals surface area contributed by atoms with Gasteiger partial charge in [-0.15, -0.1) is 11.8 Å². The number of hydrogen-bond donors (Lipinski definition) is 2. The zero-order valence-corrected chi connectivity index (χ0v) is 10.7. The summed E-state index contributed by atoms with van der Waals surface area (Å²) in [5.41, 5.74) is 0. The highest BCUT2D eigenvalue weighted by molar-refractivity contribution is 8.00. The number of carbonyl (C=O) groups is 2. The average molecular weight is 258 g/mol. The summed E-state index contributed by atoms with van der Waals surface area (Å²) < 4.78 is 0. The summed E-state index contributed by atoms with van der Waals surface area (Å²) in [5, 5.41) is 12.0. The van der Waals surface area contributed by atoms with Crippen molar-refractivity contribution in [3.05, 3.63) is 0 Å². The lowest BCUT2D eigenvalue weighted by atomic mass is 10.2. The SMILES string of the molecule is CCCC1SCC(C(=O)O)N1C(=O)NC1CC1. The Morgan fingerprint density at radius 1 is 1.47 bits per heavy atom. The van der Waals surface area contributed by atoms with Gasteiger partial charge in [-0.2, -0.15) is 0 Å². The minimum atomic E-state index is -0.901. The molecule has 1 heterocycles. The van der Waals surface area contributed by atoms with Gasteiger partial charge in [-0.05, 0) is 19.3 Å². The molecule has 0 bridgehead atoms. The van der Waals surface area contributed by atoms with Crippen LogP contribution in [0, 0.1) is 0 Å². The predicted octanol–water partition coefficient (Wildman–Crippen LogP) is 1.49. The molecular formula is C11H18N2O3S. The minimum absolute atomic E-state index is 0.0137. The summed E-state index contributed by atoms with van der Waals surface area (Å²) in [4.78, 5) is 24.7. The minimum Gasteiger partial charge on any atom is -0.480 e. The third kappa shape index (κ3) is 2.86. The third-order valence-electron chi connectivity index (χ3n) is 3.05. The third-order valence-corrected chi connectivity index (χ3v) is 4.41. The highest BCUT2D eigenvalue weighted by Crippen LogP contribution is 2.33. The first-order chi connectivity index (χ1) is 8.13. The van der Waals surface area contributed by atoms with Crippen molar-refractivity contribution in [2.45, 2.75) is 50.1 Å². The molecule has 17 heavy (non-hydrogen) atoms. The Balaban J connectivity index is 2.04. The van der Waals surface area contributed by atoms with E-state index in [2.05, 4.69) is 5.32 Å². The number of aliphatic carboxylic acids is 1. The topological polar surface area (TPSA) is 69.6 Å². The fourth-order valence-electron chi connectivity index (χ4n) is 1.97. The molecule has 2 amide bonds. The molecule has 2 N–H and O–H groups in total. The Morgan fingerprint density at radius 2 is 2.18 bits per heavy atom. The van der Waals surface area contributed by atoms with Crippen molar-refractivity contribution in [2.75, 3.05) is 5.75 Å². The van der Waals surface area contributed by atoms with Crippen LogP contribution in [0.5, 0.6) is 0 Å². The van der Waals surface area contributed by atoms with Gasteiger partial charge in [-0.25, -0.2) is 9.59 Å². The van der Waals surface area contributed by atoms with E-state index in [0.717, 1.165) is 25.7 Å². The van der Waals surface area contributed by atoms with Crippen molar-refractivity contribution >= 4 is 23.8 Å². The average Bonchev–Trinajstić information content (AvgIpc) is 2.96. The number of urea groups is 1. The molecule has 2 unspecified atom stereocenters. The van der Waals surface area contributed by atoms with Crippen LogP contribution in [0.1, 0.15) is 32.6 Å². The first kappa shape index (κ1) is 12.5. The van der Waals surface area contributed by atoms with E-state index in [1.807, 2.05) is 6.92 Å². The van der Waals surface area contributed by atoms with E-state index in [9.17, 15) is 9.59 Å². The van der Waals surface area contributed by atoms with Crippen LogP contribution >= 0.6 is 11.8 Å². The van der Waals surface area contributed by atoms with Gasteiger partial charge >= 0.3 is 12.0 Å². The molecule has 1 aliphatic heterocycles. The molecule has 0 aromatic heterocycles. The summed E-state index contributed by atoms with van der Waals surface area (Å²) in [5.74, 6) is -0.403. The van der Waals surface area contributed by atoms with Crippen LogP contribution in [-0.2, 0) is 4.79 Å². The van der Waals surface area contributed by atoms with E-state index in [1.165, 1.54) is 4.90 Å². The predicted molar refractivity (Wildman–Crippen MR) is 66.0 cm³/mol. The van der Waals surface area contributed by atoms with Crippen LogP contribution < -0.4 is 5.32 Å². The smallest absolute Gasteiger partial charge is 0.327 e. The molecule has 1 aliphatic carbocycles. The van der Waals surface area contributed by atoms with Gasteiger partial charge in [-0.1, -0.05) is 13.3 Å². The van der Waals surface area contributed by atoms with Crippen LogP contribution in [0.4, 0.5) is 4.79 Å². The first-order valence-electron chi connectivity index (χ1n) is 6.06. The second kappa shape index (κ2) is 5.16. The molecule has 2 aliphatic rings. The molecule has 0 aromatic rings. The second-order valence-electron chi connectivity index (χ2n) is 4.56. The zero-order valence-electron chi connectivity index (χ0n) is 9.89. The fourth-order valence-corrected chi connectivity index (χ4v) is 3.49. The van der Waals surface area contributed by atoms with Crippen molar-refractivity contribution in [2.24, 2.45) is 0 Å². The number of amides is 2. The summed E-state index contributed by atoms with van der Waals surface area (Å²) in [6, 6.07) is -0.608. The second-order valence-corrected chi connectivity index (χ2v) is 5.77. The maximum Gasteiger partial charge on any atom is 0.327 e. The van der Waals surface area contributed by atoms with Crippen LogP contribution in [-0.4, -0.2) is 45.2 Å². The standard InChI is InChI=1S/C11H18N2O3S/c1-2-3-9-13(8(6-17-9)10(14)15)11(16)12-7-4-5-7/h7-9H,2-6H2,1H3,(H,12,16)(H,14,15). The quantitative estimate of drug-likeness (QED) is 0.801. The number of carbonyl (C=O) groups excluding carboxylic acids is 1. The fraction of sp³-hybridized carbons (Fsp3) is 0.818. The summed E-state index contributed by atoms with van der Waals surface area (Å²) in [6.45, 7) is 2.05. The Bertz CT molecular complexity index is 320. The zero-order chi connectivity index (χ0) is 12.4. The van der Waals surface area contributed by atoms with Crippen molar-refractivity contribution in [1.29, 1.82) is 0 Å². The Kier molecular flexibility index (Phi) is 3.81. The van der Waals surface area contributed by atoms with Crippen LogP contribution in [0.25, 0.3) is 0 Å². The highest BCUT2D eigenvalue weighted by Gasteiger charge is 2.42. The van der Waals surface area contributed by atoms with Gasteiger partial charge in [0, 0.05) is 11.8 Å². The summed E-state index contributed by atoms with van der Waals surface area (Å²) >= 11 is 1.57. The molecule has 96 valence electrons. The molecule has 5 nitrogen and oxygen atoms in total. The van der Waals surface area contributed by atoms with E-state index in [0.29, 0.717) is 5.75 Å². The Hall–Kier alpha value is -0.910. The molecule has 2 atom stereocenters. The maximum atomic E-state index is 12.0. The number of rotatable bonds is 4. The maximum absolute atomic E-state index is 12.0. The summed E-state index contributed by atoms with van der Waals surface area (Å²) in [6.07, 6.45) is 3.84. The molecule has 6 heteroatoms. The largest absolute Gasteiger partial charge is 0.480 e. The number of carboxylic acid groups (broad SMARTS) is 1. The van der Waals surface area contributed by atoms with Crippen molar-refractivity contribution in [3.63, 3.8) is 0 Å². The van der Waals surface area contributed by atoms with Gasteiger partial charge in [0.1, 0.15) is 6.04 Å². The molecule has 2 rings (SSSR count). The molecule has 1 saturated carbocycles. The molecule has 0 spiro atoms. The van der Waals surface area contributed by atoms with E-state index in [-0.39, 0.29) is 17.4 Å². The normalized spacial score (nSPS) is 28.2. The highest BCUT2D eigenvalue weighted by atomic mass is 32.2. The van der Waals surface area contributed by atoms with Gasteiger partial charge < -0.3 is 10.4 Å². The lowest BCUT2D eigenvalue weighted by molar-refractivity contribution is -0.141. The van der Waals surface area contributed by atoms with Crippen molar-refractivity contribution < 1.29 is 14.7 Å². The lowest BCUT2D eigenvalue weighted by Crippen LogP contribution is -2.50. The van der Waals surface area contributed by atoms with E-state index in [1.54, 1.807) is 11.8 Å². The van der Waals surface area contributed by atoms with Crippen LogP contribution in [0.15, 0.2) is 0 Å². The first-order valence-corrected chi connectivity index (χ1v) is 7.11. The lowest BCUT2D eigenvalue weighted by Gasteiger charge is -2.27. The van der Waals surface area contributed by atoms with Gasteiger partial charge in [0.2, 0.25) is 0 Å². The van der Waals surface area contributed by atoms with Gasteiger partial charge in [0.05, 0.1) is 5.37 Å². The molecule has 1 saturated heterocycles.